The first-order valence-electron chi connectivity index (χ1n) is 15.0. The Morgan fingerprint density at radius 1 is 1.05 bits per heavy atom. The Hall–Kier alpha value is -2.44. The maximum atomic E-state index is 14.7. The third-order valence-corrected chi connectivity index (χ3v) is 10.3. The number of carbonyl (C=O) groups is 1. The lowest BCUT2D eigenvalue weighted by Gasteiger charge is -2.46. The summed E-state index contributed by atoms with van der Waals surface area (Å²) in [6.07, 6.45) is 7.44. The van der Waals surface area contributed by atoms with Crippen molar-refractivity contribution < 1.29 is 9.18 Å². The summed E-state index contributed by atoms with van der Waals surface area (Å²) in [4.78, 5) is 22.6. The number of amides is 1. The van der Waals surface area contributed by atoms with E-state index in [4.69, 9.17) is 16.6 Å². The molecule has 3 aromatic rings. The molecular weight excluding hydrogens is 523 g/mol. The summed E-state index contributed by atoms with van der Waals surface area (Å²) in [5.41, 5.74) is 2.81. The van der Waals surface area contributed by atoms with Crippen molar-refractivity contribution in [3.63, 3.8) is 0 Å². The molecule has 1 amide bonds. The minimum absolute atomic E-state index is 0.159. The molecule has 0 radical (unpaired) electrons. The van der Waals surface area contributed by atoms with Gasteiger partial charge in [0, 0.05) is 36.6 Å². The van der Waals surface area contributed by atoms with Crippen molar-refractivity contribution in [2.24, 2.45) is 5.41 Å². The third kappa shape index (κ3) is 4.96. The molecule has 40 heavy (non-hydrogen) atoms. The van der Waals surface area contributed by atoms with Gasteiger partial charge >= 0.3 is 0 Å². The van der Waals surface area contributed by atoms with E-state index in [1.807, 2.05) is 31.7 Å². The fourth-order valence-corrected chi connectivity index (χ4v) is 8.03. The average Bonchev–Trinajstić information content (AvgIpc) is 3.38. The lowest BCUT2D eigenvalue weighted by Crippen LogP contribution is -2.50. The molecule has 2 aromatic carbocycles. The molecule has 1 unspecified atom stereocenters. The highest BCUT2D eigenvalue weighted by atomic mass is 35.5. The van der Waals surface area contributed by atoms with E-state index in [1.54, 1.807) is 12.1 Å². The molecule has 6 rings (SSSR count). The molecule has 4 heterocycles. The molecule has 3 aliphatic rings. The van der Waals surface area contributed by atoms with Crippen LogP contribution in [0.15, 0.2) is 42.5 Å². The number of benzene rings is 2. The molecule has 0 spiro atoms. The lowest BCUT2D eigenvalue weighted by molar-refractivity contribution is -0.141. The topological polar surface area (TPSA) is 41.4 Å². The highest BCUT2D eigenvalue weighted by molar-refractivity contribution is 6.30. The van der Waals surface area contributed by atoms with E-state index < -0.39 is 5.41 Å². The van der Waals surface area contributed by atoms with Gasteiger partial charge in [0.1, 0.15) is 11.6 Å². The predicted octanol–water partition coefficient (Wildman–Crippen LogP) is 7.30. The van der Waals surface area contributed by atoms with Gasteiger partial charge in [-0.25, -0.2) is 9.37 Å². The lowest BCUT2D eigenvalue weighted by atomic mass is 9.70. The van der Waals surface area contributed by atoms with Crippen molar-refractivity contribution in [1.82, 2.24) is 19.4 Å². The molecule has 1 aromatic heterocycles. The van der Waals surface area contributed by atoms with Crippen LogP contribution in [-0.2, 0) is 10.2 Å². The molecular formula is C33H42ClFN4O. The number of piperidine rings is 2. The van der Waals surface area contributed by atoms with E-state index in [9.17, 15) is 9.18 Å². The molecule has 3 aliphatic heterocycles. The summed E-state index contributed by atoms with van der Waals surface area (Å²) in [5, 5.41) is 0.168. The van der Waals surface area contributed by atoms with Crippen LogP contribution in [0.3, 0.4) is 0 Å². The Morgan fingerprint density at radius 2 is 1.73 bits per heavy atom. The number of fused-ring (bicyclic) bond motifs is 3. The van der Waals surface area contributed by atoms with Crippen molar-refractivity contribution in [3.05, 3.63) is 64.7 Å². The number of aryl methyl sites for hydroxylation is 1. The summed E-state index contributed by atoms with van der Waals surface area (Å²) in [6.45, 7) is 10.5. The molecule has 5 nitrogen and oxygen atoms in total. The maximum absolute atomic E-state index is 14.7. The van der Waals surface area contributed by atoms with Gasteiger partial charge in [-0.3, -0.25) is 9.69 Å². The Labute approximate surface area is 242 Å². The number of halogens is 2. The van der Waals surface area contributed by atoms with Crippen LogP contribution in [0.1, 0.15) is 83.1 Å². The largest absolute Gasteiger partial charge is 0.342 e. The highest BCUT2D eigenvalue weighted by Crippen LogP contribution is 2.45. The van der Waals surface area contributed by atoms with Gasteiger partial charge in [-0.05, 0) is 93.7 Å². The van der Waals surface area contributed by atoms with Crippen molar-refractivity contribution in [2.75, 3.05) is 19.6 Å². The second-order valence-corrected chi connectivity index (χ2v) is 13.9. The highest BCUT2D eigenvalue weighted by Gasteiger charge is 2.44. The summed E-state index contributed by atoms with van der Waals surface area (Å²) in [5.74, 6) is 0.959. The van der Waals surface area contributed by atoms with E-state index in [-0.39, 0.29) is 22.2 Å². The van der Waals surface area contributed by atoms with Crippen LogP contribution in [-0.4, -0.2) is 57.0 Å². The number of imidazole rings is 1. The van der Waals surface area contributed by atoms with Crippen LogP contribution < -0.4 is 0 Å². The van der Waals surface area contributed by atoms with Gasteiger partial charge in [0.2, 0.25) is 5.91 Å². The monoisotopic (exact) mass is 564 g/mol. The van der Waals surface area contributed by atoms with E-state index in [1.165, 1.54) is 18.4 Å². The summed E-state index contributed by atoms with van der Waals surface area (Å²) in [6, 6.07) is 15.5. The molecule has 3 atom stereocenters. The van der Waals surface area contributed by atoms with Crippen molar-refractivity contribution in [3.8, 4) is 0 Å². The predicted molar refractivity (Wildman–Crippen MR) is 159 cm³/mol. The zero-order valence-electron chi connectivity index (χ0n) is 24.3. The van der Waals surface area contributed by atoms with E-state index >= 15 is 0 Å². The maximum Gasteiger partial charge on any atom is 0.227 e. The van der Waals surface area contributed by atoms with Gasteiger partial charge in [-0.2, -0.15) is 0 Å². The molecule has 0 N–H and O–H groups in total. The van der Waals surface area contributed by atoms with Gasteiger partial charge < -0.3 is 9.47 Å². The quantitative estimate of drug-likeness (QED) is 0.326. The number of para-hydroxylation sites is 2. The Bertz CT molecular complexity index is 1390. The smallest absolute Gasteiger partial charge is 0.227 e. The first-order chi connectivity index (χ1) is 19.1. The number of carbonyl (C=O) groups excluding carboxylic acids is 1. The second kappa shape index (κ2) is 10.4. The number of rotatable bonds is 5. The molecule has 3 fully saturated rings. The Morgan fingerprint density at radius 3 is 2.38 bits per heavy atom. The zero-order chi connectivity index (χ0) is 28.2. The van der Waals surface area contributed by atoms with Crippen LogP contribution in [0.4, 0.5) is 4.39 Å². The van der Waals surface area contributed by atoms with Gasteiger partial charge in [-0.15, -0.1) is 0 Å². The molecule has 0 aliphatic carbocycles. The zero-order valence-corrected chi connectivity index (χ0v) is 25.1. The number of nitrogens with zero attached hydrogens (tertiary/aromatic N) is 4. The average molecular weight is 565 g/mol. The normalized spacial score (nSPS) is 25.1. The van der Waals surface area contributed by atoms with Crippen molar-refractivity contribution >= 4 is 28.5 Å². The van der Waals surface area contributed by atoms with E-state index in [0.29, 0.717) is 31.2 Å². The molecule has 214 valence electrons. The number of likely N-dealkylation sites (tertiary alicyclic amines) is 1. The van der Waals surface area contributed by atoms with Gasteiger partial charge in [-0.1, -0.05) is 50.6 Å². The van der Waals surface area contributed by atoms with Crippen molar-refractivity contribution in [2.45, 2.75) is 96.2 Å². The number of aromatic nitrogens is 2. The molecule has 7 heteroatoms. The van der Waals surface area contributed by atoms with E-state index in [0.717, 1.165) is 55.6 Å². The molecule has 3 saturated heterocycles. The van der Waals surface area contributed by atoms with Crippen LogP contribution >= 0.6 is 11.6 Å². The van der Waals surface area contributed by atoms with Gasteiger partial charge in [0.05, 0.1) is 16.1 Å². The second-order valence-electron chi connectivity index (χ2n) is 13.5. The van der Waals surface area contributed by atoms with Crippen LogP contribution in [0, 0.1) is 18.2 Å². The fourth-order valence-electron chi connectivity index (χ4n) is 7.91. The first kappa shape index (κ1) is 27.7. The van der Waals surface area contributed by atoms with Gasteiger partial charge in [0.25, 0.3) is 0 Å². The Balaban J connectivity index is 1.20. The summed E-state index contributed by atoms with van der Waals surface area (Å²) >= 11 is 6.09. The van der Waals surface area contributed by atoms with Crippen LogP contribution in [0.2, 0.25) is 5.02 Å². The fraction of sp³-hybridized carbons (Fsp3) is 0.576. The van der Waals surface area contributed by atoms with Crippen molar-refractivity contribution in [1.29, 1.82) is 0 Å². The van der Waals surface area contributed by atoms with Crippen LogP contribution in [0.5, 0.6) is 0 Å². The minimum atomic E-state index is -0.394. The standard InChI is InChI=1S/C33H42ClFN4O/c1-22-36-29-7-5-6-8-30(29)39(22)26-20-24-10-11-25(21-26)38(24)18-15-33(23-9-12-27(34)28(35)19-23)13-16-37(17-14-33)31(40)32(2,3)4/h5-9,12,19,24-26H,10-11,13-18,20-21H2,1-4H3/t24-,25+,26?. The summed E-state index contributed by atoms with van der Waals surface area (Å²) in [7, 11) is 0. The molecule has 2 bridgehead atoms. The van der Waals surface area contributed by atoms with Gasteiger partial charge in [0.15, 0.2) is 0 Å². The third-order valence-electron chi connectivity index (χ3n) is 10.0. The SMILES string of the molecule is Cc1nc2ccccc2n1C1C[C@H]2CC[C@@H](C1)N2CCC1(c2ccc(Cl)c(F)c2)CCN(C(=O)C(C)(C)C)CC1. The number of hydrogen-bond acceptors (Lipinski definition) is 3. The number of hydrogen-bond donors (Lipinski definition) is 0. The first-order valence-corrected chi connectivity index (χ1v) is 15.4. The Kier molecular flexibility index (Phi) is 7.23. The van der Waals surface area contributed by atoms with Crippen LogP contribution in [0.25, 0.3) is 11.0 Å². The van der Waals surface area contributed by atoms with E-state index in [2.05, 4.69) is 40.7 Å². The molecule has 0 saturated carbocycles. The summed E-state index contributed by atoms with van der Waals surface area (Å²) < 4.78 is 17.2. The minimum Gasteiger partial charge on any atom is -0.342 e.